The fraction of sp³-hybridized carbons (Fsp3) is 0.200. The summed E-state index contributed by atoms with van der Waals surface area (Å²) in [7, 11) is 0. The van der Waals surface area contributed by atoms with Crippen LogP contribution in [0.1, 0.15) is 16.8 Å². The number of halogens is 2. The Morgan fingerprint density at radius 2 is 1.81 bits per heavy atom. The molecule has 0 atom stereocenters. The Hall–Kier alpha value is -1.78. The number of hydrogen-bond acceptors (Lipinski definition) is 3. The highest BCUT2D eigenvalue weighted by atomic mass is 35.5. The highest BCUT2D eigenvalue weighted by molar-refractivity contribution is 6.38. The molecular weight excluding hydrogens is 307 g/mol. The van der Waals surface area contributed by atoms with Crippen molar-refractivity contribution in [1.82, 2.24) is 14.5 Å². The minimum atomic E-state index is 0.458. The van der Waals surface area contributed by atoms with Gasteiger partial charge < -0.3 is 5.73 Å². The lowest BCUT2D eigenvalue weighted by molar-refractivity contribution is 1.01. The first-order valence-electron chi connectivity index (χ1n) is 6.46. The first kappa shape index (κ1) is 14.2. The van der Waals surface area contributed by atoms with Gasteiger partial charge in [0, 0.05) is 5.69 Å². The highest BCUT2D eigenvalue weighted by Crippen LogP contribution is 2.37. The SMILES string of the molecule is Cc1ccc(Cl)c(-n2c(C)c(C)c3c(N)ncnc32)c1Cl. The molecule has 2 N–H and O–H groups in total. The lowest BCUT2D eigenvalue weighted by atomic mass is 10.2. The predicted molar refractivity (Wildman–Crippen MR) is 87.5 cm³/mol. The molecule has 1 aromatic carbocycles. The van der Waals surface area contributed by atoms with E-state index < -0.39 is 0 Å². The second-order valence-corrected chi connectivity index (χ2v) is 5.82. The average molecular weight is 321 g/mol. The summed E-state index contributed by atoms with van der Waals surface area (Å²) in [6.07, 6.45) is 1.45. The molecule has 0 saturated carbocycles. The maximum absolute atomic E-state index is 6.47. The van der Waals surface area contributed by atoms with E-state index in [0.29, 0.717) is 21.5 Å². The van der Waals surface area contributed by atoms with Crippen LogP contribution >= 0.6 is 23.2 Å². The van der Waals surface area contributed by atoms with Crippen LogP contribution in [0.5, 0.6) is 0 Å². The maximum Gasteiger partial charge on any atom is 0.150 e. The van der Waals surface area contributed by atoms with E-state index in [9.17, 15) is 0 Å². The van der Waals surface area contributed by atoms with Crippen molar-refractivity contribution in [1.29, 1.82) is 0 Å². The van der Waals surface area contributed by atoms with Gasteiger partial charge in [0.15, 0.2) is 5.65 Å². The van der Waals surface area contributed by atoms with Crippen molar-refractivity contribution in [3.8, 4) is 5.69 Å². The minimum Gasteiger partial charge on any atom is -0.383 e. The van der Waals surface area contributed by atoms with Crippen LogP contribution in [0.4, 0.5) is 5.82 Å². The summed E-state index contributed by atoms with van der Waals surface area (Å²) in [4.78, 5) is 8.43. The van der Waals surface area contributed by atoms with Crippen molar-refractivity contribution < 1.29 is 0 Å². The van der Waals surface area contributed by atoms with Gasteiger partial charge in [-0.3, -0.25) is 4.57 Å². The molecule has 0 amide bonds. The molecule has 108 valence electrons. The van der Waals surface area contributed by atoms with Gasteiger partial charge in [-0.1, -0.05) is 29.3 Å². The molecule has 3 aromatic rings. The van der Waals surface area contributed by atoms with E-state index in [1.807, 2.05) is 37.5 Å². The number of hydrogen-bond donors (Lipinski definition) is 1. The number of fused-ring (bicyclic) bond motifs is 1. The molecule has 0 aliphatic carbocycles. The number of aryl methyl sites for hydroxylation is 2. The van der Waals surface area contributed by atoms with Crippen molar-refractivity contribution in [2.24, 2.45) is 0 Å². The van der Waals surface area contributed by atoms with Gasteiger partial charge in [0.1, 0.15) is 12.1 Å². The van der Waals surface area contributed by atoms with Crippen molar-refractivity contribution in [2.75, 3.05) is 5.73 Å². The summed E-state index contributed by atoms with van der Waals surface area (Å²) < 4.78 is 1.94. The topological polar surface area (TPSA) is 56.7 Å². The van der Waals surface area contributed by atoms with Crippen LogP contribution < -0.4 is 5.73 Å². The number of aromatic nitrogens is 3. The Kier molecular flexibility index (Phi) is 3.30. The summed E-state index contributed by atoms with van der Waals surface area (Å²) >= 11 is 12.9. The van der Waals surface area contributed by atoms with Gasteiger partial charge in [-0.15, -0.1) is 0 Å². The third-order valence-corrected chi connectivity index (χ3v) is 4.59. The van der Waals surface area contributed by atoms with Crippen molar-refractivity contribution in [2.45, 2.75) is 20.8 Å². The fourth-order valence-electron chi connectivity index (χ4n) is 2.55. The normalized spacial score (nSPS) is 11.3. The summed E-state index contributed by atoms with van der Waals surface area (Å²) in [6, 6.07) is 3.73. The van der Waals surface area contributed by atoms with Gasteiger partial charge >= 0.3 is 0 Å². The number of nitrogens with two attached hydrogens (primary N) is 1. The summed E-state index contributed by atoms with van der Waals surface area (Å²) in [5.74, 6) is 0.458. The maximum atomic E-state index is 6.47. The van der Waals surface area contributed by atoms with Gasteiger partial charge in [-0.25, -0.2) is 9.97 Å². The lowest BCUT2D eigenvalue weighted by Crippen LogP contribution is -2.02. The minimum absolute atomic E-state index is 0.458. The molecule has 0 saturated heterocycles. The Balaban J connectivity index is 2.51. The Morgan fingerprint density at radius 1 is 1.10 bits per heavy atom. The zero-order valence-corrected chi connectivity index (χ0v) is 13.4. The lowest BCUT2D eigenvalue weighted by Gasteiger charge is -2.13. The molecule has 0 spiro atoms. The van der Waals surface area contributed by atoms with Gasteiger partial charge in [0.25, 0.3) is 0 Å². The van der Waals surface area contributed by atoms with Gasteiger partial charge in [-0.05, 0) is 38.0 Å². The average Bonchev–Trinajstić information content (AvgIpc) is 2.70. The summed E-state index contributed by atoms with van der Waals surface area (Å²) in [5.41, 5.74) is 10.4. The first-order valence-corrected chi connectivity index (χ1v) is 7.22. The molecule has 3 rings (SSSR count). The van der Waals surface area contributed by atoms with Crippen LogP contribution in [-0.4, -0.2) is 14.5 Å². The Labute approximate surface area is 132 Å². The highest BCUT2D eigenvalue weighted by Gasteiger charge is 2.20. The second-order valence-electron chi connectivity index (χ2n) is 5.03. The standard InChI is InChI=1S/C15H14Cl2N4/c1-7-4-5-10(16)13(12(7)17)21-9(3)8(2)11-14(18)19-6-20-15(11)21/h4-6H,1-3H3,(H2,18,19,20). The Bertz CT molecular complexity index is 868. The van der Waals surface area contributed by atoms with E-state index >= 15 is 0 Å². The smallest absolute Gasteiger partial charge is 0.150 e. The first-order chi connectivity index (χ1) is 9.93. The number of benzene rings is 1. The largest absolute Gasteiger partial charge is 0.383 e. The van der Waals surface area contributed by atoms with Crippen LogP contribution in [-0.2, 0) is 0 Å². The van der Waals surface area contributed by atoms with E-state index in [4.69, 9.17) is 28.9 Å². The second kappa shape index (κ2) is 4.90. The molecule has 0 unspecified atom stereocenters. The molecule has 0 fully saturated rings. The molecule has 6 heteroatoms. The van der Waals surface area contributed by atoms with Gasteiger partial charge in [0.2, 0.25) is 0 Å². The van der Waals surface area contributed by atoms with Crippen LogP contribution in [0.3, 0.4) is 0 Å². The molecule has 2 heterocycles. The predicted octanol–water partition coefficient (Wildman–Crippen LogP) is 4.23. The molecule has 2 aromatic heterocycles. The molecular formula is C15H14Cl2N4. The monoisotopic (exact) mass is 320 g/mol. The number of nitrogens with zero attached hydrogens (tertiary/aromatic N) is 3. The summed E-state index contributed by atoms with van der Waals surface area (Å²) in [6.45, 7) is 5.93. The van der Waals surface area contributed by atoms with Gasteiger partial charge in [0.05, 0.1) is 21.1 Å². The third kappa shape index (κ3) is 1.98. The summed E-state index contributed by atoms with van der Waals surface area (Å²) in [5, 5.41) is 2.02. The zero-order valence-electron chi connectivity index (χ0n) is 11.9. The zero-order chi connectivity index (χ0) is 15.3. The Morgan fingerprint density at radius 3 is 2.52 bits per heavy atom. The molecule has 0 bridgehead atoms. The van der Waals surface area contributed by atoms with Crippen LogP contribution in [0.25, 0.3) is 16.7 Å². The van der Waals surface area contributed by atoms with Crippen LogP contribution in [0.2, 0.25) is 10.0 Å². The van der Waals surface area contributed by atoms with Crippen molar-refractivity contribution in [3.05, 3.63) is 45.3 Å². The molecule has 0 aliphatic rings. The number of nitrogen functional groups attached to an aromatic ring is 1. The van der Waals surface area contributed by atoms with Crippen LogP contribution in [0, 0.1) is 20.8 Å². The molecule has 0 radical (unpaired) electrons. The molecule has 4 nitrogen and oxygen atoms in total. The molecule has 0 aliphatic heterocycles. The number of anilines is 1. The van der Waals surface area contributed by atoms with Crippen LogP contribution in [0.15, 0.2) is 18.5 Å². The number of rotatable bonds is 1. The van der Waals surface area contributed by atoms with Crippen molar-refractivity contribution >= 4 is 40.1 Å². The van der Waals surface area contributed by atoms with Crippen molar-refractivity contribution in [3.63, 3.8) is 0 Å². The van der Waals surface area contributed by atoms with E-state index in [0.717, 1.165) is 27.9 Å². The van der Waals surface area contributed by atoms with E-state index in [-0.39, 0.29) is 0 Å². The molecule has 21 heavy (non-hydrogen) atoms. The fourth-order valence-corrected chi connectivity index (χ4v) is 3.09. The van der Waals surface area contributed by atoms with E-state index in [1.165, 1.54) is 6.33 Å². The van der Waals surface area contributed by atoms with E-state index in [1.54, 1.807) is 0 Å². The third-order valence-electron chi connectivity index (χ3n) is 3.81. The van der Waals surface area contributed by atoms with E-state index in [2.05, 4.69) is 9.97 Å². The quantitative estimate of drug-likeness (QED) is 0.729. The van der Waals surface area contributed by atoms with Gasteiger partial charge in [-0.2, -0.15) is 0 Å².